The zero-order chi connectivity index (χ0) is 14.8. The van der Waals surface area contributed by atoms with Gasteiger partial charge in [-0.15, -0.1) is 0 Å². The molecule has 4 nitrogen and oxygen atoms in total. The highest BCUT2D eigenvalue weighted by Crippen LogP contribution is 2.31. The lowest BCUT2D eigenvalue weighted by Crippen LogP contribution is -2.06. The fourth-order valence-electron chi connectivity index (χ4n) is 2.02. The van der Waals surface area contributed by atoms with Crippen LogP contribution < -0.4 is 9.47 Å². The highest BCUT2D eigenvalue weighted by Gasteiger charge is 2.18. The number of benzene rings is 1. The van der Waals surface area contributed by atoms with E-state index in [0.717, 1.165) is 10.9 Å². The summed E-state index contributed by atoms with van der Waals surface area (Å²) in [6.07, 6.45) is 2.43. The van der Waals surface area contributed by atoms with Crippen LogP contribution in [-0.4, -0.2) is 24.0 Å². The topological polar surface area (TPSA) is 48.4 Å². The molecule has 1 aromatic heterocycles. The molecule has 0 amide bonds. The predicted molar refractivity (Wildman–Crippen MR) is 85.1 cm³/mol. The molecular formula is C15H11Br2NO3. The Kier molecular flexibility index (Phi) is 4.26. The molecule has 1 aliphatic heterocycles. The van der Waals surface area contributed by atoms with Crippen LogP contribution in [0.2, 0.25) is 0 Å². The molecule has 0 fully saturated rings. The van der Waals surface area contributed by atoms with E-state index in [1.807, 2.05) is 0 Å². The van der Waals surface area contributed by atoms with Crippen LogP contribution in [0, 0.1) is 0 Å². The van der Waals surface area contributed by atoms with Crippen LogP contribution in [0.5, 0.6) is 11.5 Å². The molecule has 2 heterocycles. The van der Waals surface area contributed by atoms with Crippen molar-refractivity contribution in [1.82, 2.24) is 4.98 Å². The van der Waals surface area contributed by atoms with E-state index in [9.17, 15) is 4.79 Å². The van der Waals surface area contributed by atoms with E-state index in [2.05, 4.69) is 36.8 Å². The number of rotatable bonds is 2. The molecule has 108 valence electrons. The van der Waals surface area contributed by atoms with Crippen LogP contribution in [0.4, 0.5) is 0 Å². The van der Waals surface area contributed by atoms with Crippen molar-refractivity contribution < 1.29 is 14.3 Å². The maximum absolute atomic E-state index is 12.5. The number of pyridine rings is 1. The average molecular weight is 413 g/mol. The monoisotopic (exact) mass is 411 g/mol. The summed E-state index contributed by atoms with van der Waals surface area (Å²) in [4.78, 5) is 16.7. The van der Waals surface area contributed by atoms with Gasteiger partial charge >= 0.3 is 0 Å². The van der Waals surface area contributed by atoms with Crippen LogP contribution in [0.15, 0.2) is 39.4 Å². The van der Waals surface area contributed by atoms with Crippen LogP contribution in [0.1, 0.15) is 22.5 Å². The summed E-state index contributed by atoms with van der Waals surface area (Å²) in [5.74, 6) is 1.11. The third-order valence-electron chi connectivity index (χ3n) is 3.03. The minimum absolute atomic E-state index is 0.162. The Bertz CT molecular complexity index is 703. The van der Waals surface area contributed by atoms with Crippen LogP contribution in [0.25, 0.3) is 0 Å². The number of hydrogen-bond donors (Lipinski definition) is 0. The van der Waals surface area contributed by atoms with Crippen molar-refractivity contribution in [2.45, 2.75) is 6.42 Å². The zero-order valence-corrected chi connectivity index (χ0v) is 14.1. The molecule has 1 aromatic carbocycles. The summed E-state index contributed by atoms with van der Waals surface area (Å²) in [6, 6.07) is 7.00. The maximum Gasteiger partial charge on any atom is 0.212 e. The van der Waals surface area contributed by atoms with Crippen LogP contribution in [0.3, 0.4) is 0 Å². The average Bonchev–Trinajstić information content (AvgIpc) is 2.71. The maximum atomic E-state index is 12.5. The molecule has 0 atom stereocenters. The Balaban J connectivity index is 1.96. The van der Waals surface area contributed by atoms with Crippen LogP contribution >= 0.6 is 31.9 Å². The fourth-order valence-corrected chi connectivity index (χ4v) is 3.19. The number of halogens is 2. The fraction of sp³-hybridized carbons (Fsp3) is 0.200. The predicted octanol–water partition coefficient (Wildman–Crippen LogP) is 4.00. The first-order valence-electron chi connectivity index (χ1n) is 6.40. The van der Waals surface area contributed by atoms with Gasteiger partial charge in [-0.05, 0) is 56.1 Å². The van der Waals surface area contributed by atoms with Gasteiger partial charge in [0.15, 0.2) is 11.5 Å². The third kappa shape index (κ3) is 3.11. The number of carbonyl (C=O) groups excluding carboxylic acids is 1. The van der Waals surface area contributed by atoms with E-state index in [1.54, 1.807) is 30.5 Å². The highest BCUT2D eigenvalue weighted by atomic mass is 79.9. The summed E-state index contributed by atoms with van der Waals surface area (Å²) >= 11 is 6.68. The molecular weight excluding hydrogens is 402 g/mol. The van der Waals surface area contributed by atoms with Gasteiger partial charge in [-0.1, -0.05) is 0 Å². The summed E-state index contributed by atoms with van der Waals surface area (Å²) in [6.45, 7) is 1.21. The summed E-state index contributed by atoms with van der Waals surface area (Å²) < 4.78 is 12.6. The lowest BCUT2D eigenvalue weighted by molar-refractivity contribution is 0.103. The Hall–Kier alpha value is -1.40. The van der Waals surface area contributed by atoms with E-state index < -0.39 is 0 Å². The van der Waals surface area contributed by atoms with Gasteiger partial charge in [-0.2, -0.15) is 0 Å². The molecule has 1 aliphatic rings. The van der Waals surface area contributed by atoms with E-state index in [1.165, 1.54) is 0 Å². The molecule has 0 spiro atoms. The van der Waals surface area contributed by atoms with E-state index in [0.29, 0.717) is 40.4 Å². The van der Waals surface area contributed by atoms with E-state index >= 15 is 0 Å². The standard InChI is InChI=1S/C15H11Br2NO3/c16-10-7-11(17)14(18-8-10)15(19)9-2-3-12-13(6-9)21-5-1-4-20-12/h2-3,6-8H,1,4-5H2. The van der Waals surface area contributed by atoms with Crippen molar-refractivity contribution >= 4 is 37.6 Å². The van der Waals surface area contributed by atoms with Crippen molar-refractivity contribution in [2.24, 2.45) is 0 Å². The molecule has 3 rings (SSSR count). The number of aromatic nitrogens is 1. The molecule has 0 aliphatic carbocycles. The molecule has 0 bridgehead atoms. The van der Waals surface area contributed by atoms with E-state index in [4.69, 9.17) is 9.47 Å². The summed E-state index contributed by atoms with van der Waals surface area (Å²) in [7, 11) is 0. The lowest BCUT2D eigenvalue weighted by Gasteiger charge is -2.09. The molecule has 6 heteroatoms. The molecule has 0 radical (unpaired) electrons. The van der Waals surface area contributed by atoms with Gasteiger partial charge in [0.05, 0.1) is 13.2 Å². The molecule has 0 unspecified atom stereocenters. The Labute approximate surface area is 138 Å². The van der Waals surface area contributed by atoms with Crippen LogP contribution in [-0.2, 0) is 0 Å². The van der Waals surface area contributed by atoms with Gasteiger partial charge in [0, 0.05) is 27.1 Å². The Morgan fingerprint density at radius 3 is 2.62 bits per heavy atom. The van der Waals surface area contributed by atoms with Crippen molar-refractivity contribution in [3.63, 3.8) is 0 Å². The third-order valence-corrected chi connectivity index (χ3v) is 4.07. The van der Waals surface area contributed by atoms with Crippen molar-refractivity contribution in [1.29, 1.82) is 0 Å². The van der Waals surface area contributed by atoms with Gasteiger partial charge in [0.25, 0.3) is 0 Å². The van der Waals surface area contributed by atoms with Crippen molar-refractivity contribution in [3.05, 3.63) is 50.7 Å². The largest absolute Gasteiger partial charge is 0.490 e. The molecule has 0 N–H and O–H groups in total. The molecule has 2 aromatic rings. The molecule has 21 heavy (non-hydrogen) atoms. The normalized spacial score (nSPS) is 13.6. The summed E-state index contributed by atoms with van der Waals surface area (Å²) in [5.41, 5.74) is 0.891. The summed E-state index contributed by atoms with van der Waals surface area (Å²) in [5, 5.41) is 0. The molecule has 0 saturated carbocycles. The number of hydrogen-bond acceptors (Lipinski definition) is 4. The SMILES string of the molecule is O=C(c1ccc2c(c1)OCCCO2)c1ncc(Br)cc1Br. The number of nitrogens with zero attached hydrogens (tertiary/aromatic N) is 1. The Morgan fingerprint density at radius 2 is 1.86 bits per heavy atom. The second-order valence-corrected chi connectivity index (χ2v) is 6.30. The van der Waals surface area contributed by atoms with Gasteiger partial charge in [-0.25, -0.2) is 0 Å². The molecule has 0 saturated heterocycles. The Morgan fingerprint density at radius 1 is 1.10 bits per heavy atom. The van der Waals surface area contributed by atoms with Gasteiger partial charge < -0.3 is 9.47 Å². The van der Waals surface area contributed by atoms with Gasteiger partial charge in [0.2, 0.25) is 5.78 Å². The van der Waals surface area contributed by atoms with Gasteiger partial charge in [0.1, 0.15) is 5.69 Å². The highest BCUT2D eigenvalue weighted by molar-refractivity contribution is 9.11. The number of carbonyl (C=O) groups is 1. The second-order valence-electron chi connectivity index (χ2n) is 4.53. The first kappa shape index (κ1) is 14.5. The minimum Gasteiger partial charge on any atom is -0.490 e. The van der Waals surface area contributed by atoms with Crippen molar-refractivity contribution in [3.8, 4) is 11.5 Å². The number of ether oxygens (including phenoxy) is 2. The quantitative estimate of drug-likeness (QED) is 0.699. The second kappa shape index (κ2) is 6.15. The lowest BCUT2D eigenvalue weighted by atomic mass is 10.1. The first-order valence-corrected chi connectivity index (χ1v) is 7.99. The minimum atomic E-state index is -0.162. The zero-order valence-electron chi connectivity index (χ0n) is 10.9. The van der Waals surface area contributed by atoms with Gasteiger partial charge in [-0.3, -0.25) is 9.78 Å². The van der Waals surface area contributed by atoms with Crippen molar-refractivity contribution in [2.75, 3.05) is 13.2 Å². The smallest absolute Gasteiger partial charge is 0.212 e. The first-order chi connectivity index (χ1) is 10.1. The number of ketones is 1. The van der Waals surface area contributed by atoms with E-state index in [-0.39, 0.29) is 5.78 Å². The number of fused-ring (bicyclic) bond motifs is 1.